The molecule has 1 amide bonds. The van der Waals surface area contributed by atoms with Crippen LogP contribution >= 0.6 is 0 Å². The Balaban J connectivity index is 1.45. The van der Waals surface area contributed by atoms with Gasteiger partial charge in [0.05, 0.1) is 17.6 Å². The highest BCUT2D eigenvalue weighted by molar-refractivity contribution is 5.95. The van der Waals surface area contributed by atoms with Gasteiger partial charge in [0.15, 0.2) is 11.9 Å². The van der Waals surface area contributed by atoms with Gasteiger partial charge in [0.25, 0.3) is 5.91 Å². The van der Waals surface area contributed by atoms with E-state index in [1.807, 2.05) is 56.3 Å². The van der Waals surface area contributed by atoms with Crippen LogP contribution in [-0.4, -0.2) is 26.8 Å². The third kappa shape index (κ3) is 2.98. The first-order valence-corrected chi connectivity index (χ1v) is 8.15. The lowest BCUT2D eigenvalue weighted by atomic mass is 10.1. The number of pyridine rings is 1. The normalized spacial score (nSPS) is 15.5. The van der Waals surface area contributed by atoms with E-state index >= 15 is 0 Å². The average Bonchev–Trinajstić information content (AvgIpc) is 3.18. The van der Waals surface area contributed by atoms with Gasteiger partial charge in [-0.3, -0.25) is 4.79 Å². The lowest BCUT2D eigenvalue weighted by molar-refractivity contribution is -0.122. The summed E-state index contributed by atoms with van der Waals surface area (Å²) in [5.41, 5.74) is 3.64. The highest BCUT2D eigenvalue weighted by Gasteiger charge is 2.28. The minimum atomic E-state index is -0.506. The Morgan fingerprint density at radius 3 is 2.76 bits per heavy atom. The predicted molar refractivity (Wildman–Crippen MR) is 94.0 cm³/mol. The molecule has 6 nitrogen and oxygen atoms in total. The summed E-state index contributed by atoms with van der Waals surface area (Å²) in [6, 6.07) is 13.4. The van der Waals surface area contributed by atoms with Crippen LogP contribution in [0.5, 0.6) is 5.75 Å². The fourth-order valence-electron chi connectivity index (χ4n) is 3.00. The second-order valence-corrected chi connectivity index (χ2v) is 6.15. The van der Waals surface area contributed by atoms with Crippen molar-refractivity contribution < 1.29 is 9.53 Å². The largest absolute Gasteiger partial charge is 0.480 e. The van der Waals surface area contributed by atoms with Crippen molar-refractivity contribution in [1.82, 2.24) is 14.8 Å². The van der Waals surface area contributed by atoms with Gasteiger partial charge >= 0.3 is 0 Å². The van der Waals surface area contributed by atoms with Crippen LogP contribution in [0.1, 0.15) is 17.0 Å². The minimum Gasteiger partial charge on any atom is -0.480 e. The van der Waals surface area contributed by atoms with E-state index in [-0.39, 0.29) is 5.91 Å². The van der Waals surface area contributed by atoms with Crippen molar-refractivity contribution in [1.29, 1.82) is 0 Å². The zero-order chi connectivity index (χ0) is 17.4. The highest BCUT2D eigenvalue weighted by atomic mass is 16.5. The molecular formula is C19H18N4O2. The fourth-order valence-corrected chi connectivity index (χ4v) is 3.00. The summed E-state index contributed by atoms with van der Waals surface area (Å²) >= 11 is 0. The van der Waals surface area contributed by atoms with Crippen LogP contribution in [0.25, 0.3) is 5.82 Å². The molecule has 6 heteroatoms. The van der Waals surface area contributed by atoms with Crippen LogP contribution in [0.4, 0.5) is 5.69 Å². The third-order valence-corrected chi connectivity index (χ3v) is 4.18. The first kappa shape index (κ1) is 15.4. The first-order valence-electron chi connectivity index (χ1n) is 8.15. The van der Waals surface area contributed by atoms with E-state index in [9.17, 15) is 4.79 Å². The number of ether oxygens (including phenoxy) is 1. The molecule has 0 radical (unpaired) electrons. The standard InChI is InChI=1S/C19H18N4O2/c1-12-9-13(2)23(22-12)18-8-7-15(11-20-18)21-19(24)17-10-14-5-3-4-6-16(14)25-17/h3-9,11,17H,10H2,1-2H3,(H,21,24)/t17-/m1/s1. The van der Waals surface area contributed by atoms with E-state index in [1.165, 1.54) is 0 Å². The van der Waals surface area contributed by atoms with Crippen molar-refractivity contribution in [2.45, 2.75) is 26.4 Å². The molecule has 1 N–H and O–H groups in total. The number of hydrogen-bond acceptors (Lipinski definition) is 4. The second-order valence-electron chi connectivity index (χ2n) is 6.15. The molecule has 25 heavy (non-hydrogen) atoms. The Hall–Kier alpha value is -3.15. The van der Waals surface area contributed by atoms with Crippen molar-refractivity contribution in [2.24, 2.45) is 0 Å². The molecule has 0 bridgehead atoms. The molecule has 0 unspecified atom stereocenters. The van der Waals surface area contributed by atoms with E-state index in [0.717, 1.165) is 22.7 Å². The Labute approximate surface area is 145 Å². The van der Waals surface area contributed by atoms with Gasteiger partial charge in [-0.15, -0.1) is 0 Å². The molecular weight excluding hydrogens is 316 g/mol. The van der Waals surface area contributed by atoms with Crippen LogP contribution in [0.15, 0.2) is 48.7 Å². The van der Waals surface area contributed by atoms with E-state index in [1.54, 1.807) is 10.9 Å². The summed E-state index contributed by atoms with van der Waals surface area (Å²) in [4.78, 5) is 16.8. The maximum absolute atomic E-state index is 12.4. The van der Waals surface area contributed by atoms with Crippen molar-refractivity contribution in [3.8, 4) is 11.6 Å². The molecule has 0 fully saturated rings. The molecule has 0 saturated heterocycles. The molecule has 3 heterocycles. The quantitative estimate of drug-likeness (QED) is 0.800. The number of hydrogen-bond donors (Lipinski definition) is 1. The summed E-state index contributed by atoms with van der Waals surface area (Å²) < 4.78 is 7.48. The van der Waals surface area contributed by atoms with Gasteiger partial charge in [0.2, 0.25) is 0 Å². The number of para-hydroxylation sites is 1. The van der Waals surface area contributed by atoms with Crippen LogP contribution in [0.3, 0.4) is 0 Å². The summed E-state index contributed by atoms with van der Waals surface area (Å²) in [7, 11) is 0. The SMILES string of the molecule is Cc1cc(C)n(-c2ccc(NC(=O)[C@H]3Cc4ccccc4O3)cn2)n1. The molecule has 0 spiro atoms. The summed E-state index contributed by atoms with van der Waals surface area (Å²) in [6.07, 6.45) is 1.71. The number of aromatic nitrogens is 3. The van der Waals surface area contributed by atoms with Crippen molar-refractivity contribution in [2.75, 3.05) is 5.32 Å². The number of rotatable bonds is 3. The number of nitrogens with one attached hydrogen (secondary N) is 1. The van der Waals surface area contributed by atoms with E-state index in [0.29, 0.717) is 17.9 Å². The summed E-state index contributed by atoms with van der Waals surface area (Å²) in [5.74, 6) is 1.32. The number of carbonyl (C=O) groups excluding carboxylic acids is 1. The molecule has 1 aliphatic rings. The van der Waals surface area contributed by atoms with E-state index in [4.69, 9.17) is 4.74 Å². The summed E-state index contributed by atoms with van der Waals surface area (Å²) in [6.45, 7) is 3.92. The maximum atomic E-state index is 12.4. The van der Waals surface area contributed by atoms with Crippen molar-refractivity contribution >= 4 is 11.6 Å². The van der Waals surface area contributed by atoms with E-state index < -0.39 is 6.10 Å². The Morgan fingerprint density at radius 2 is 2.08 bits per heavy atom. The third-order valence-electron chi connectivity index (χ3n) is 4.18. The van der Waals surface area contributed by atoms with Gasteiger partial charge in [0, 0.05) is 12.1 Å². The summed E-state index contributed by atoms with van der Waals surface area (Å²) in [5, 5.41) is 7.26. The van der Waals surface area contributed by atoms with Gasteiger partial charge in [-0.2, -0.15) is 5.10 Å². The molecule has 1 atom stereocenters. The zero-order valence-corrected chi connectivity index (χ0v) is 14.1. The maximum Gasteiger partial charge on any atom is 0.265 e. The molecule has 4 rings (SSSR count). The van der Waals surface area contributed by atoms with E-state index in [2.05, 4.69) is 15.4 Å². The lowest BCUT2D eigenvalue weighted by Gasteiger charge is -2.11. The van der Waals surface area contributed by atoms with Gasteiger partial charge in [-0.25, -0.2) is 9.67 Å². The van der Waals surface area contributed by atoms with Gasteiger partial charge < -0.3 is 10.1 Å². The number of aryl methyl sites for hydroxylation is 2. The van der Waals surface area contributed by atoms with Crippen LogP contribution in [-0.2, 0) is 11.2 Å². The first-order chi connectivity index (χ1) is 12.1. The molecule has 2 aromatic heterocycles. The topological polar surface area (TPSA) is 69.0 Å². The Bertz CT molecular complexity index is 906. The number of fused-ring (bicyclic) bond motifs is 1. The second kappa shape index (κ2) is 6.05. The monoisotopic (exact) mass is 334 g/mol. The number of carbonyl (C=O) groups is 1. The predicted octanol–water partition coefficient (Wildman–Crippen LogP) is 2.83. The molecule has 1 aliphatic heterocycles. The molecule has 0 aliphatic carbocycles. The van der Waals surface area contributed by atoms with Gasteiger partial charge in [-0.1, -0.05) is 18.2 Å². The number of benzene rings is 1. The molecule has 3 aromatic rings. The number of nitrogens with zero attached hydrogens (tertiary/aromatic N) is 3. The lowest BCUT2D eigenvalue weighted by Crippen LogP contribution is -2.31. The van der Waals surface area contributed by atoms with Crippen LogP contribution in [0.2, 0.25) is 0 Å². The highest BCUT2D eigenvalue weighted by Crippen LogP contribution is 2.28. The fraction of sp³-hybridized carbons (Fsp3) is 0.211. The van der Waals surface area contributed by atoms with Crippen LogP contribution in [0, 0.1) is 13.8 Å². The Kier molecular flexibility index (Phi) is 3.72. The molecule has 126 valence electrons. The minimum absolute atomic E-state index is 0.170. The number of anilines is 1. The smallest absolute Gasteiger partial charge is 0.265 e. The van der Waals surface area contributed by atoms with Gasteiger partial charge in [0.1, 0.15) is 5.75 Å². The molecule has 0 saturated carbocycles. The average molecular weight is 334 g/mol. The molecule has 1 aromatic carbocycles. The Morgan fingerprint density at radius 1 is 1.24 bits per heavy atom. The van der Waals surface area contributed by atoms with Crippen molar-refractivity contribution in [3.05, 3.63) is 65.6 Å². The number of amides is 1. The zero-order valence-electron chi connectivity index (χ0n) is 14.1. The van der Waals surface area contributed by atoms with Gasteiger partial charge in [-0.05, 0) is 43.7 Å². The van der Waals surface area contributed by atoms with Crippen LogP contribution < -0.4 is 10.1 Å². The van der Waals surface area contributed by atoms with Crippen molar-refractivity contribution in [3.63, 3.8) is 0 Å².